The SMILES string of the molecule is CC(O)c1ccccc1OCc1cc(Cl)ccc1F. The van der Waals surface area contributed by atoms with Gasteiger partial charge in [0.15, 0.2) is 0 Å². The van der Waals surface area contributed by atoms with Gasteiger partial charge in [-0.2, -0.15) is 0 Å². The van der Waals surface area contributed by atoms with Crippen molar-refractivity contribution in [3.63, 3.8) is 0 Å². The quantitative estimate of drug-likeness (QED) is 0.913. The molecule has 0 fully saturated rings. The van der Waals surface area contributed by atoms with Gasteiger partial charge in [0.05, 0.1) is 6.10 Å². The molecule has 0 aromatic heterocycles. The molecule has 1 unspecified atom stereocenters. The fourth-order valence-electron chi connectivity index (χ4n) is 1.77. The number of benzene rings is 2. The summed E-state index contributed by atoms with van der Waals surface area (Å²) >= 11 is 5.82. The van der Waals surface area contributed by atoms with Crippen molar-refractivity contribution in [3.8, 4) is 5.75 Å². The van der Waals surface area contributed by atoms with Crippen molar-refractivity contribution >= 4 is 11.6 Å². The zero-order valence-corrected chi connectivity index (χ0v) is 11.2. The Morgan fingerprint density at radius 2 is 2.00 bits per heavy atom. The lowest BCUT2D eigenvalue weighted by atomic mass is 10.1. The third kappa shape index (κ3) is 3.46. The molecule has 2 aromatic carbocycles. The third-order valence-electron chi connectivity index (χ3n) is 2.76. The van der Waals surface area contributed by atoms with Crippen LogP contribution >= 0.6 is 11.6 Å². The summed E-state index contributed by atoms with van der Waals surface area (Å²) in [6.45, 7) is 1.72. The fourth-order valence-corrected chi connectivity index (χ4v) is 1.96. The van der Waals surface area contributed by atoms with E-state index in [1.165, 1.54) is 18.2 Å². The highest BCUT2D eigenvalue weighted by atomic mass is 35.5. The monoisotopic (exact) mass is 280 g/mol. The van der Waals surface area contributed by atoms with Gasteiger partial charge in [-0.05, 0) is 31.2 Å². The van der Waals surface area contributed by atoms with Crippen LogP contribution in [0.1, 0.15) is 24.2 Å². The smallest absolute Gasteiger partial charge is 0.129 e. The van der Waals surface area contributed by atoms with Gasteiger partial charge in [-0.25, -0.2) is 4.39 Å². The highest BCUT2D eigenvalue weighted by Gasteiger charge is 2.10. The summed E-state index contributed by atoms with van der Waals surface area (Å²) in [6, 6.07) is 11.5. The van der Waals surface area contributed by atoms with E-state index < -0.39 is 6.10 Å². The van der Waals surface area contributed by atoms with Crippen LogP contribution in [0.2, 0.25) is 5.02 Å². The van der Waals surface area contributed by atoms with Gasteiger partial charge < -0.3 is 9.84 Å². The Morgan fingerprint density at radius 3 is 2.74 bits per heavy atom. The number of hydrogen-bond acceptors (Lipinski definition) is 2. The van der Waals surface area contributed by atoms with E-state index in [1.807, 2.05) is 6.07 Å². The highest BCUT2D eigenvalue weighted by Crippen LogP contribution is 2.26. The number of halogens is 2. The molecule has 0 aliphatic carbocycles. The Kier molecular flexibility index (Phi) is 4.40. The lowest BCUT2D eigenvalue weighted by Crippen LogP contribution is -2.02. The van der Waals surface area contributed by atoms with Crippen LogP contribution in [0.4, 0.5) is 4.39 Å². The van der Waals surface area contributed by atoms with Crippen LogP contribution < -0.4 is 4.74 Å². The predicted octanol–water partition coefficient (Wildman–Crippen LogP) is 4.11. The van der Waals surface area contributed by atoms with E-state index in [0.29, 0.717) is 21.9 Å². The number of ether oxygens (including phenoxy) is 1. The Morgan fingerprint density at radius 1 is 1.26 bits per heavy atom. The molecule has 2 aromatic rings. The predicted molar refractivity (Wildman–Crippen MR) is 72.8 cm³/mol. The van der Waals surface area contributed by atoms with Crippen LogP contribution in [0, 0.1) is 5.82 Å². The molecule has 0 bridgehead atoms. The van der Waals surface area contributed by atoms with Gasteiger partial charge in [0.25, 0.3) is 0 Å². The summed E-state index contributed by atoms with van der Waals surface area (Å²) in [5.41, 5.74) is 1.05. The van der Waals surface area contributed by atoms with Gasteiger partial charge in [-0.15, -0.1) is 0 Å². The zero-order valence-electron chi connectivity index (χ0n) is 10.4. The summed E-state index contributed by atoms with van der Waals surface area (Å²) in [4.78, 5) is 0. The van der Waals surface area contributed by atoms with Crippen molar-refractivity contribution in [2.24, 2.45) is 0 Å². The lowest BCUT2D eigenvalue weighted by molar-refractivity contribution is 0.190. The van der Waals surface area contributed by atoms with E-state index in [4.69, 9.17) is 16.3 Å². The number of aliphatic hydroxyl groups is 1. The average molecular weight is 281 g/mol. The standard InChI is InChI=1S/C15H14ClFO2/c1-10(18)13-4-2-3-5-15(13)19-9-11-8-12(16)6-7-14(11)17/h2-8,10,18H,9H2,1H3. The van der Waals surface area contributed by atoms with Crippen molar-refractivity contribution < 1.29 is 14.2 Å². The van der Waals surface area contributed by atoms with Gasteiger partial charge in [-0.3, -0.25) is 0 Å². The molecule has 1 atom stereocenters. The van der Waals surface area contributed by atoms with Gasteiger partial charge in [0.2, 0.25) is 0 Å². The lowest BCUT2D eigenvalue weighted by Gasteiger charge is -2.13. The zero-order chi connectivity index (χ0) is 13.8. The molecule has 0 amide bonds. The first-order valence-corrected chi connectivity index (χ1v) is 6.29. The second-order valence-electron chi connectivity index (χ2n) is 4.24. The molecule has 0 aliphatic rings. The first kappa shape index (κ1) is 13.8. The number of rotatable bonds is 4. The van der Waals surface area contributed by atoms with Gasteiger partial charge in [-0.1, -0.05) is 29.8 Å². The second kappa shape index (κ2) is 6.04. The van der Waals surface area contributed by atoms with Gasteiger partial charge >= 0.3 is 0 Å². The molecule has 0 saturated carbocycles. The minimum atomic E-state index is -0.639. The van der Waals surface area contributed by atoms with E-state index in [9.17, 15) is 9.50 Å². The van der Waals surface area contributed by atoms with Crippen molar-refractivity contribution in [1.29, 1.82) is 0 Å². The summed E-state index contributed by atoms with van der Waals surface area (Å²) in [5, 5.41) is 10.1. The molecule has 19 heavy (non-hydrogen) atoms. The third-order valence-corrected chi connectivity index (χ3v) is 3.00. The summed E-state index contributed by atoms with van der Waals surface area (Å²) in [6.07, 6.45) is -0.639. The van der Waals surface area contributed by atoms with Gasteiger partial charge in [0.1, 0.15) is 18.2 Å². The van der Waals surface area contributed by atoms with E-state index in [0.717, 1.165) is 0 Å². The van der Waals surface area contributed by atoms with Crippen LogP contribution in [-0.4, -0.2) is 5.11 Å². The van der Waals surface area contributed by atoms with Crippen LogP contribution in [0.25, 0.3) is 0 Å². The van der Waals surface area contributed by atoms with Crippen LogP contribution in [0.5, 0.6) is 5.75 Å². The molecule has 4 heteroatoms. The molecule has 0 spiro atoms. The summed E-state index contributed by atoms with van der Waals surface area (Å²) in [5.74, 6) is 0.177. The number of aliphatic hydroxyl groups excluding tert-OH is 1. The Labute approximate surface area is 116 Å². The van der Waals surface area contributed by atoms with Crippen LogP contribution in [0.3, 0.4) is 0 Å². The van der Waals surface area contributed by atoms with E-state index >= 15 is 0 Å². The maximum atomic E-state index is 13.5. The topological polar surface area (TPSA) is 29.5 Å². The maximum absolute atomic E-state index is 13.5. The summed E-state index contributed by atoms with van der Waals surface area (Å²) < 4.78 is 19.1. The molecule has 0 heterocycles. The minimum Gasteiger partial charge on any atom is -0.488 e. The molecule has 0 saturated heterocycles. The van der Waals surface area contributed by atoms with E-state index in [1.54, 1.807) is 25.1 Å². The second-order valence-corrected chi connectivity index (χ2v) is 4.67. The normalized spacial score (nSPS) is 12.2. The Balaban J connectivity index is 2.17. The Bertz CT molecular complexity index is 570. The molecule has 0 radical (unpaired) electrons. The van der Waals surface area contributed by atoms with Crippen molar-refractivity contribution in [2.45, 2.75) is 19.6 Å². The first-order chi connectivity index (χ1) is 9.08. The van der Waals surface area contributed by atoms with Crippen molar-refractivity contribution in [3.05, 3.63) is 64.4 Å². The number of para-hydroxylation sites is 1. The minimum absolute atomic E-state index is 0.0656. The van der Waals surface area contributed by atoms with Crippen molar-refractivity contribution in [1.82, 2.24) is 0 Å². The molecular formula is C15H14ClFO2. The molecule has 0 aliphatic heterocycles. The Hall–Kier alpha value is -1.58. The van der Waals surface area contributed by atoms with Gasteiger partial charge in [0, 0.05) is 16.1 Å². The molecule has 100 valence electrons. The van der Waals surface area contributed by atoms with E-state index in [2.05, 4.69) is 0 Å². The number of hydrogen-bond donors (Lipinski definition) is 1. The summed E-state index contributed by atoms with van der Waals surface area (Å²) in [7, 11) is 0. The fraction of sp³-hybridized carbons (Fsp3) is 0.200. The highest BCUT2D eigenvalue weighted by molar-refractivity contribution is 6.30. The van der Waals surface area contributed by atoms with Crippen LogP contribution in [0.15, 0.2) is 42.5 Å². The average Bonchev–Trinajstić information content (AvgIpc) is 2.40. The molecule has 1 N–H and O–H groups in total. The van der Waals surface area contributed by atoms with E-state index in [-0.39, 0.29) is 12.4 Å². The first-order valence-electron chi connectivity index (χ1n) is 5.91. The molecule has 2 nitrogen and oxygen atoms in total. The molecule has 2 rings (SSSR count). The maximum Gasteiger partial charge on any atom is 0.129 e. The largest absolute Gasteiger partial charge is 0.488 e. The van der Waals surface area contributed by atoms with Crippen molar-refractivity contribution in [2.75, 3.05) is 0 Å². The molecular weight excluding hydrogens is 267 g/mol. The van der Waals surface area contributed by atoms with Crippen LogP contribution in [-0.2, 0) is 6.61 Å².